The van der Waals surface area contributed by atoms with E-state index in [-0.39, 0.29) is 4.90 Å². The van der Waals surface area contributed by atoms with Gasteiger partial charge in [-0.25, -0.2) is 8.42 Å². The Hall–Kier alpha value is -1.42. The molecule has 3 rings (SSSR count). The summed E-state index contributed by atoms with van der Waals surface area (Å²) in [6.07, 6.45) is 2.01. The van der Waals surface area contributed by atoms with Gasteiger partial charge in [0.05, 0.1) is 15.1 Å². The third kappa shape index (κ3) is 4.90. The predicted molar refractivity (Wildman–Crippen MR) is 115 cm³/mol. The van der Waals surface area contributed by atoms with Crippen molar-refractivity contribution in [3.8, 4) is 0 Å². The van der Waals surface area contributed by atoms with Gasteiger partial charge in [-0.3, -0.25) is 4.79 Å². The lowest BCUT2D eigenvalue weighted by molar-refractivity contribution is -0.115. The zero-order chi connectivity index (χ0) is 19.4. The molecule has 0 radical (unpaired) electrons. The van der Waals surface area contributed by atoms with E-state index < -0.39 is 21.5 Å². The lowest BCUT2D eigenvalue weighted by Crippen LogP contribution is -2.21. The summed E-state index contributed by atoms with van der Waals surface area (Å²) in [6.45, 7) is 0.695. The van der Waals surface area contributed by atoms with Crippen LogP contribution in [0.5, 0.6) is 0 Å². The minimum Gasteiger partial charge on any atom is -0.316 e. The van der Waals surface area contributed by atoms with Crippen LogP contribution < -0.4 is 4.80 Å². The largest absolute Gasteiger partial charge is 0.316 e. The number of aromatic nitrogens is 1. The minimum atomic E-state index is -3.71. The number of halogens is 1. The number of thiazole rings is 1. The lowest BCUT2D eigenvalue weighted by Gasteiger charge is -2.04. The Morgan fingerprint density at radius 2 is 1.96 bits per heavy atom. The van der Waals surface area contributed by atoms with Crippen molar-refractivity contribution in [2.75, 3.05) is 17.8 Å². The SMILES string of the molecule is CSCCn1c(=NC(=O)CS(=O)(=O)c2ccccc2)sc2cc(Br)ccc21. The Kier molecular flexibility index (Phi) is 6.56. The first kappa shape index (κ1) is 20.3. The predicted octanol–water partition coefficient (Wildman–Crippen LogP) is 3.73. The number of hydrogen-bond acceptors (Lipinski definition) is 5. The van der Waals surface area contributed by atoms with E-state index in [1.165, 1.54) is 23.5 Å². The summed E-state index contributed by atoms with van der Waals surface area (Å²) in [5.74, 6) is -0.439. The first-order valence-electron chi connectivity index (χ1n) is 8.04. The lowest BCUT2D eigenvalue weighted by atomic mass is 10.3. The summed E-state index contributed by atoms with van der Waals surface area (Å²) in [6, 6.07) is 13.9. The number of fused-ring (bicyclic) bond motifs is 1. The molecule has 0 bridgehead atoms. The smallest absolute Gasteiger partial charge is 0.263 e. The van der Waals surface area contributed by atoms with E-state index in [4.69, 9.17) is 0 Å². The molecule has 2 aromatic carbocycles. The van der Waals surface area contributed by atoms with E-state index in [0.29, 0.717) is 11.3 Å². The molecule has 27 heavy (non-hydrogen) atoms. The molecule has 0 aliphatic rings. The molecule has 1 aromatic heterocycles. The molecular weight excluding hydrogens is 468 g/mol. The summed E-state index contributed by atoms with van der Waals surface area (Å²) in [7, 11) is -3.71. The highest BCUT2D eigenvalue weighted by atomic mass is 79.9. The van der Waals surface area contributed by atoms with Crippen molar-refractivity contribution in [2.45, 2.75) is 11.4 Å². The van der Waals surface area contributed by atoms with Crippen LogP contribution in [0.2, 0.25) is 0 Å². The van der Waals surface area contributed by atoms with E-state index in [1.807, 2.05) is 29.0 Å². The zero-order valence-corrected chi connectivity index (χ0v) is 18.5. The molecule has 0 atom stereocenters. The highest BCUT2D eigenvalue weighted by molar-refractivity contribution is 9.10. The van der Waals surface area contributed by atoms with Crippen LogP contribution in [0.1, 0.15) is 0 Å². The summed E-state index contributed by atoms with van der Waals surface area (Å²) >= 11 is 6.53. The molecule has 5 nitrogen and oxygen atoms in total. The molecule has 9 heteroatoms. The van der Waals surface area contributed by atoms with Crippen molar-refractivity contribution in [3.05, 3.63) is 57.8 Å². The second-order valence-electron chi connectivity index (χ2n) is 5.72. The number of thioether (sulfide) groups is 1. The van der Waals surface area contributed by atoms with Crippen LogP contribution in [-0.2, 0) is 21.2 Å². The van der Waals surface area contributed by atoms with Crippen LogP contribution in [0.25, 0.3) is 10.2 Å². The van der Waals surface area contributed by atoms with Gasteiger partial charge in [0.15, 0.2) is 14.6 Å². The average Bonchev–Trinajstić information content (AvgIpc) is 2.96. The van der Waals surface area contributed by atoms with Crippen LogP contribution in [-0.4, -0.2) is 36.7 Å². The van der Waals surface area contributed by atoms with Gasteiger partial charge >= 0.3 is 0 Å². The molecule has 0 saturated carbocycles. The second kappa shape index (κ2) is 8.72. The molecule has 0 spiro atoms. The van der Waals surface area contributed by atoms with E-state index >= 15 is 0 Å². The number of benzene rings is 2. The van der Waals surface area contributed by atoms with Gasteiger partial charge in [0.2, 0.25) is 0 Å². The summed E-state index contributed by atoms with van der Waals surface area (Å²) < 4.78 is 28.7. The Labute approximate surface area is 174 Å². The monoisotopic (exact) mass is 484 g/mol. The van der Waals surface area contributed by atoms with Gasteiger partial charge < -0.3 is 4.57 Å². The van der Waals surface area contributed by atoms with Crippen molar-refractivity contribution in [1.82, 2.24) is 4.57 Å². The fraction of sp³-hybridized carbons (Fsp3) is 0.222. The third-order valence-corrected chi connectivity index (χ3v) is 7.54. The average molecular weight is 485 g/mol. The van der Waals surface area contributed by atoms with Crippen LogP contribution >= 0.6 is 39.0 Å². The zero-order valence-electron chi connectivity index (χ0n) is 14.5. The number of hydrogen-bond donors (Lipinski definition) is 0. The van der Waals surface area contributed by atoms with Gasteiger partial charge in [0.25, 0.3) is 5.91 Å². The van der Waals surface area contributed by atoms with Gasteiger partial charge in [-0.05, 0) is 36.6 Å². The van der Waals surface area contributed by atoms with Gasteiger partial charge in [-0.2, -0.15) is 16.8 Å². The van der Waals surface area contributed by atoms with Crippen molar-refractivity contribution in [3.63, 3.8) is 0 Å². The van der Waals surface area contributed by atoms with Gasteiger partial charge in [-0.15, -0.1) is 0 Å². The molecule has 3 aromatic rings. The van der Waals surface area contributed by atoms with E-state index in [0.717, 1.165) is 20.4 Å². The maximum atomic E-state index is 12.4. The first-order chi connectivity index (χ1) is 12.9. The molecule has 0 aliphatic heterocycles. The molecule has 0 aliphatic carbocycles. The fourth-order valence-corrected chi connectivity index (χ4v) is 5.66. The van der Waals surface area contributed by atoms with Crippen LogP contribution in [0.4, 0.5) is 0 Å². The Bertz CT molecular complexity index is 1140. The molecule has 0 fully saturated rings. The normalized spacial score (nSPS) is 12.6. The number of nitrogens with zero attached hydrogens (tertiary/aromatic N) is 2. The van der Waals surface area contributed by atoms with Crippen LogP contribution in [0.3, 0.4) is 0 Å². The van der Waals surface area contributed by atoms with E-state index in [1.54, 1.807) is 30.0 Å². The second-order valence-corrected chi connectivity index (χ2v) is 10.6. The van der Waals surface area contributed by atoms with Crippen molar-refractivity contribution in [1.29, 1.82) is 0 Å². The Morgan fingerprint density at radius 1 is 1.22 bits per heavy atom. The summed E-state index contributed by atoms with van der Waals surface area (Å²) in [4.78, 5) is 17.2. The summed E-state index contributed by atoms with van der Waals surface area (Å²) in [5, 5.41) is 0. The molecular formula is C18H17BrN2O3S3. The minimum absolute atomic E-state index is 0.129. The van der Waals surface area contributed by atoms with E-state index in [2.05, 4.69) is 20.9 Å². The van der Waals surface area contributed by atoms with Crippen molar-refractivity contribution >= 4 is 65.0 Å². The number of carbonyl (C=O) groups is 1. The maximum Gasteiger partial charge on any atom is 0.263 e. The summed E-state index contributed by atoms with van der Waals surface area (Å²) in [5.41, 5.74) is 0.981. The van der Waals surface area contributed by atoms with E-state index in [9.17, 15) is 13.2 Å². The standard InChI is InChI=1S/C18H17BrN2O3S3/c1-25-10-9-21-15-8-7-13(19)11-16(15)26-18(21)20-17(22)12-27(23,24)14-5-3-2-4-6-14/h2-8,11H,9-10,12H2,1H3. The molecule has 142 valence electrons. The van der Waals surface area contributed by atoms with Crippen LogP contribution in [0, 0.1) is 0 Å². The maximum absolute atomic E-state index is 12.4. The third-order valence-electron chi connectivity index (χ3n) is 3.80. The highest BCUT2D eigenvalue weighted by Gasteiger charge is 2.19. The van der Waals surface area contributed by atoms with Crippen LogP contribution in [0.15, 0.2) is 62.9 Å². The fourth-order valence-electron chi connectivity index (χ4n) is 2.54. The topological polar surface area (TPSA) is 68.5 Å². The Morgan fingerprint density at radius 3 is 2.67 bits per heavy atom. The van der Waals surface area contributed by atoms with Gasteiger partial charge in [0.1, 0.15) is 5.75 Å². The number of sulfone groups is 1. The van der Waals surface area contributed by atoms with Gasteiger partial charge in [-0.1, -0.05) is 45.5 Å². The molecule has 0 unspecified atom stereocenters. The molecule has 1 heterocycles. The number of amides is 1. The highest BCUT2D eigenvalue weighted by Crippen LogP contribution is 2.22. The molecule has 0 N–H and O–H groups in total. The quantitative estimate of drug-likeness (QED) is 0.534. The Balaban J connectivity index is 1.98. The first-order valence-corrected chi connectivity index (χ1v) is 12.7. The number of rotatable bonds is 6. The molecule has 0 saturated heterocycles. The number of carbonyl (C=O) groups excluding carboxylic acids is 1. The number of aryl methyl sites for hydroxylation is 1. The van der Waals surface area contributed by atoms with Crippen molar-refractivity contribution in [2.24, 2.45) is 4.99 Å². The molecule has 1 amide bonds. The van der Waals surface area contributed by atoms with Crippen molar-refractivity contribution < 1.29 is 13.2 Å². The van der Waals surface area contributed by atoms with Gasteiger partial charge in [0, 0.05) is 16.8 Å².